The summed E-state index contributed by atoms with van der Waals surface area (Å²) in [5.41, 5.74) is 2.06. The minimum atomic E-state index is -0.715. The molecule has 0 radical (unpaired) electrons. The molecule has 0 aliphatic carbocycles. The van der Waals surface area contributed by atoms with Gasteiger partial charge in [-0.15, -0.1) is 0 Å². The lowest BCUT2D eigenvalue weighted by molar-refractivity contribution is 0.0609. The average Bonchev–Trinajstić information content (AvgIpc) is 2.82. The van der Waals surface area contributed by atoms with Crippen LogP contribution in [0, 0.1) is 6.92 Å². The first-order valence-electron chi connectivity index (χ1n) is 6.01. The highest BCUT2D eigenvalue weighted by Gasteiger charge is 2.12. The number of aryl methyl sites for hydroxylation is 1. The second-order valence-electron chi connectivity index (χ2n) is 4.34. The Kier molecular flexibility index (Phi) is 4.13. The summed E-state index contributed by atoms with van der Waals surface area (Å²) in [6.07, 6.45) is 0.968. The first-order valence-corrected chi connectivity index (χ1v) is 6.01. The normalized spacial score (nSPS) is 12.6. The number of carbonyl (C=O) groups is 1. The molecule has 2 aromatic heterocycles. The fourth-order valence-corrected chi connectivity index (χ4v) is 1.81. The summed E-state index contributed by atoms with van der Waals surface area (Å²) in [5.74, 6) is -0.307. The lowest BCUT2D eigenvalue weighted by atomic mass is 10.3. The molecule has 0 aliphatic rings. The monoisotopic (exact) mass is 263 g/mol. The largest absolute Gasteiger partial charge is 0.389 e. The molecule has 0 aliphatic heterocycles. The van der Waals surface area contributed by atoms with Gasteiger partial charge in [-0.2, -0.15) is 0 Å². The Morgan fingerprint density at radius 2 is 2.37 bits per heavy atom. The third kappa shape index (κ3) is 3.10. The molecule has 0 spiro atoms. The van der Waals surface area contributed by atoms with E-state index in [1.807, 2.05) is 29.5 Å². The van der Waals surface area contributed by atoms with Crippen molar-refractivity contribution >= 4 is 11.6 Å². The van der Waals surface area contributed by atoms with E-state index in [0.29, 0.717) is 5.69 Å². The van der Waals surface area contributed by atoms with Gasteiger partial charge >= 0.3 is 0 Å². The maximum Gasteiger partial charge on any atom is 0.271 e. The van der Waals surface area contributed by atoms with E-state index >= 15 is 0 Å². The van der Waals surface area contributed by atoms with Gasteiger partial charge < -0.3 is 19.6 Å². The second kappa shape index (κ2) is 5.81. The average molecular weight is 263 g/mol. The van der Waals surface area contributed by atoms with Gasteiger partial charge in [-0.1, -0.05) is 6.07 Å². The zero-order valence-electron chi connectivity index (χ0n) is 11.0. The van der Waals surface area contributed by atoms with Crippen molar-refractivity contribution in [2.24, 2.45) is 0 Å². The molecular weight excluding hydrogens is 246 g/mol. The van der Waals surface area contributed by atoms with Gasteiger partial charge in [-0.25, -0.2) is 4.98 Å². The molecule has 2 aromatic rings. The number of aliphatic hydroxyl groups excluding tert-OH is 1. The number of nitrogens with zero attached hydrogens (tertiary/aromatic N) is 2. The number of rotatable bonds is 5. The number of hydrogen-bond acceptors (Lipinski definition) is 4. The number of pyridine rings is 1. The van der Waals surface area contributed by atoms with Crippen LogP contribution in [0.1, 0.15) is 16.2 Å². The number of aliphatic hydroxyl groups is 1. The van der Waals surface area contributed by atoms with Crippen LogP contribution in [0.3, 0.4) is 0 Å². The molecule has 0 saturated carbocycles. The van der Waals surface area contributed by atoms with E-state index < -0.39 is 6.10 Å². The van der Waals surface area contributed by atoms with Crippen molar-refractivity contribution in [3.05, 3.63) is 35.8 Å². The molecule has 0 saturated heterocycles. The van der Waals surface area contributed by atoms with Crippen molar-refractivity contribution in [3.8, 4) is 0 Å². The maximum atomic E-state index is 11.9. The van der Waals surface area contributed by atoms with Crippen LogP contribution in [0.4, 0.5) is 0 Å². The SMILES string of the molecule is COCC(O)CNC(=O)c1cn2c(C)cccc2n1. The summed E-state index contributed by atoms with van der Waals surface area (Å²) in [6.45, 7) is 2.27. The van der Waals surface area contributed by atoms with E-state index in [4.69, 9.17) is 4.74 Å². The van der Waals surface area contributed by atoms with Gasteiger partial charge in [-0.3, -0.25) is 4.79 Å². The number of carbonyl (C=O) groups excluding carboxylic acids is 1. The smallest absolute Gasteiger partial charge is 0.271 e. The van der Waals surface area contributed by atoms with Gasteiger partial charge in [0.1, 0.15) is 11.3 Å². The molecule has 102 valence electrons. The minimum absolute atomic E-state index is 0.138. The zero-order chi connectivity index (χ0) is 13.8. The van der Waals surface area contributed by atoms with Gasteiger partial charge in [0.2, 0.25) is 0 Å². The first kappa shape index (κ1) is 13.5. The van der Waals surface area contributed by atoms with Gasteiger partial charge in [0.05, 0.1) is 12.7 Å². The van der Waals surface area contributed by atoms with E-state index in [1.54, 1.807) is 6.20 Å². The molecule has 2 rings (SSSR count). The zero-order valence-corrected chi connectivity index (χ0v) is 11.0. The summed E-state index contributed by atoms with van der Waals surface area (Å²) < 4.78 is 6.63. The third-order valence-electron chi connectivity index (χ3n) is 2.79. The number of fused-ring (bicyclic) bond motifs is 1. The standard InChI is InChI=1S/C13H17N3O3/c1-9-4-3-5-12-15-11(7-16(9)12)13(18)14-6-10(17)8-19-2/h3-5,7,10,17H,6,8H2,1-2H3,(H,14,18). The number of ether oxygens (including phenoxy) is 1. The molecule has 1 unspecified atom stereocenters. The van der Waals surface area contributed by atoms with Gasteiger partial charge in [0, 0.05) is 25.5 Å². The Morgan fingerprint density at radius 1 is 1.58 bits per heavy atom. The predicted octanol–water partition coefficient (Wildman–Crippen LogP) is 0.380. The van der Waals surface area contributed by atoms with Crippen molar-refractivity contribution in [3.63, 3.8) is 0 Å². The van der Waals surface area contributed by atoms with Crippen molar-refractivity contribution < 1.29 is 14.6 Å². The van der Waals surface area contributed by atoms with Crippen LogP contribution in [0.15, 0.2) is 24.4 Å². The summed E-state index contributed by atoms with van der Waals surface area (Å²) >= 11 is 0. The number of amides is 1. The fraction of sp³-hybridized carbons (Fsp3) is 0.385. The maximum absolute atomic E-state index is 11.9. The Bertz CT molecular complexity index is 580. The molecular formula is C13H17N3O3. The van der Waals surface area contributed by atoms with E-state index in [0.717, 1.165) is 11.3 Å². The molecule has 1 amide bonds. The molecule has 0 bridgehead atoms. The van der Waals surface area contributed by atoms with Crippen LogP contribution < -0.4 is 5.32 Å². The van der Waals surface area contributed by atoms with Crippen LogP contribution in [0.25, 0.3) is 5.65 Å². The Hall–Kier alpha value is -1.92. The Balaban J connectivity index is 2.07. The number of aromatic nitrogens is 2. The number of methoxy groups -OCH3 is 1. The van der Waals surface area contributed by atoms with E-state index in [-0.39, 0.29) is 19.1 Å². The van der Waals surface area contributed by atoms with Crippen LogP contribution in [-0.4, -0.2) is 46.8 Å². The van der Waals surface area contributed by atoms with Crippen LogP contribution >= 0.6 is 0 Å². The second-order valence-corrected chi connectivity index (χ2v) is 4.34. The summed E-state index contributed by atoms with van der Waals surface area (Å²) in [4.78, 5) is 16.1. The number of nitrogens with one attached hydrogen (secondary N) is 1. The number of hydrogen-bond donors (Lipinski definition) is 2. The van der Waals surface area contributed by atoms with E-state index in [9.17, 15) is 9.90 Å². The Labute approximate surface area is 111 Å². The lowest BCUT2D eigenvalue weighted by Crippen LogP contribution is -2.34. The first-order chi connectivity index (χ1) is 9.11. The third-order valence-corrected chi connectivity index (χ3v) is 2.79. The van der Waals surface area contributed by atoms with Crippen molar-refractivity contribution in [2.75, 3.05) is 20.3 Å². The lowest BCUT2D eigenvalue weighted by Gasteiger charge is -2.09. The van der Waals surface area contributed by atoms with E-state index in [2.05, 4.69) is 10.3 Å². The van der Waals surface area contributed by atoms with Crippen LogP contribution in [0.2, 0.25) is 0 Å². The molecule has 19 heavy (non-hydrogen) atoms. The fourth-order valence-electron chi connectivity index (χ4n) is 1.81. The van der Waals surface area contributed by atoms with Gasteiger partial charge in [0.15, 0.2) is 0 Å². The van der Waals surface area contributed by atoms with E-state index in [1.165, 1.54) is 7.11 Å². The minimum Gasteiger partial charge on any atom is -0.389 e. The van der Waals surface area contributed by atoms with Crippen LogP contribution in [-0.2, 0) is 4.74 Å². The summed E-state index contributed by atoms with van der Waals surface area (Å²) in [5, 5.41) is 12.1. The molecule has 0 aromatic carbocycles. The highest BCUT2D eigenvalue weighted by atomic mass is 16.5. The Morgan fingerprint density at radius 3 is 3.05 bits per heavy atom. The summed E-state index contributed by atoms with van der Waals surface area (Å²) in [6, 6.07) is 5.67. The topological polar surface area (TPSA) is 75.9 Å². The molecule has 0 fully saturated rings. The molecule has 2 N–H and O–H groups in total. The van der Waals surface area contributed by atoms with Gasteiger partial charge in [0.25, 0.3) is 5.91 Å². The summed E-state index contributed by atoms with van der Waals surface area (Å²) in [7, 11) is 1.50. The molecule has 6 heteroatoms. The molecule has 2 heterocycles. The van der Waals surface area contributed by atoms with Crippen molar-refractivity contribution in [1.29, 1.82) is 0 Å². The van der Waals surface area contributed by atoms with Crippen molar-refractivity contribution in [2.45, 2.75) is 13.0 Å². The highest BCUT2D eigenvalue weighted by Crippen LogP contribution is 2.08. The number of imidazole rings is 1. The van der Waals surface area contributed by atoms with Gasteiger partial charge in [-0.05, 0) is 19.1 Å². The molecule has 1 atom stereocenters. The van der Waals surface area contributed by atoms with Crippen LogP contribution in [0.5, 0.6) is 0 Å². The van der Waals surface area contributed by atoms with Crippen molar-refractivity contribution in [1.82, 2.24) is 14.7 Å². The quantitative estimate of drug-likeness (QED) is 0.817. The molecule has 6 nitrogen and oxygen atoms in total. The highest BCUT2D eigenvalue weighted by molar-refractivity contribution is 5.92. The predicted molar refractivity (Wildman–Crippen MR) is 70.1 cm³/mol.